The van der Waals surface area contributed by atoms with Gasteiger partial charge in [0.25, 0.3) is 10.0 Å². The highest BCUT2D eigenvalue weighted by molar-refractivity contribution is 7.93. The molecule has 0 atom stereocenters. The summed E-state index contributed by atoms with van der Waals surface area (Å²) in [5, 5.41) is 5.01. The fourth-order valence-corrected chi connectivity index (χ4v) is 3.76. The Balaban J connectivity index is 2.13. The zero-order valence-electron chi connectivity index (χ0n) is 12.5. The van der Waals surface area contributed by atoms with Crippen LogP contribution in [0.4, 0.5) is 5.69 Å². The summed E-state index contributed by atoms with van der Waals surface area (Å²) in [4.78, 5) is 4.36. The van der Waals surface area contributed by atoms with Gasteiger partial charge in [0.2, 0.25) is 0 Å². The number of aromatic nitrogens is 3. The van der Waals surface area contributed by atoms with E-state index in [2.05, 4.69) is 14.8 Å². The lowest BCUT2D eigenvalue weighted by atomic mass is 10.2. The number of sulfonamides is 1. The van der Waals surface area contributed by atoms with E-state index in [1.165, 1.54) is 0 Å². The molecule has 0 bridgehead atoms. The van der Waals surface area contributed by atoms with Crippen LogP contribution in [0.1, 0.15) is 11.4 Å². The molecule has 0 amide bonds. The van der Waals surface area contributed by atoms with Crippen molar-refractivity contribution in [2.24, 2.45) is 7.05 Å². The summed E-state index contributed by atoms with van der Waals surface area (Å²) in [6.07, 6.45) is 1.59. The van der Waals surface area contributed by atoms with E-state index in [9.17, 15) is 8.42 Å². The number of para-hydroxylation sites is 1. The largest absolute Gasteiger partial charge is 0.276 e. The summed E-state index contributed by atoms with van der Waals surface area (Å²) in [5.41, 5.74) is 2.36. The van der Waals surface area contributed by atoms with Gasteiger partial charge in [-0.05, 0) is 26.0 Å². The molecule has 1 N–H and O–H groups in total. The van der Waals surface area contributed by atoms with Gasteiger partial charge in [-0.15, -0.1) is 0 Å². The van der Waals surface area contributed by atoms with Crippen LogP contribution in [0.5, 0.6) is 0 Å². The first kappa shape index (κ1) is 14.5. The molecule has 7 heteroatoms. The molecule has 0 spiro atoms. The summed E-state index contributed by atoms with van der Waals surface area (Å²) >= 11 is 0. The first-order valence-corrected chi connectivity index (χ1v) is 8.25. The molecule has 22 heavy (non-hydrogen) atoms. The minimum atomic E-state index is -3.74. The number of benzene rings is 1. The minimum absolute atomic E-state index is 0.160. The van der Waals surface area contributed by atoms with Crippen LogP contribution in [-0.4, -0.2) is 23.2 Å². The van der Waals surface area contributed by atoms with Crippen LogP contribution in [0.2, 0.25) is 0 Å². The van der Waals surface area contributed by atoms with Crippen LogP contribution in [0, 0.1) is 13.8 Å². The second-order valence-corrected chi connectivity index (χ2v) is 6.76. The van der Waals surface area contributed by atoms with Crippen molar-refractivity contribution in [1.82, 2.24) is 14.8 Å². The van der Waals surface area contributed by atoms with Gasteiger partial charge < -0.3 is 0 Å². The highest BCUT2D eigenvalue weighted by Gasteiger charge is 2.21. The molecule has 0 aliphatic heterocycles. The topological polar surface area (TPSA) is 76.9 Å². The summed E-state index contributed by atoms with van der Waals surface area (Å²) in [5.74, 6) is 0. The Morgan fingerprint density at radius 3 is 2.55 bits per heavy atom. The Kier molecular flexibility index (Phi) is 3.37. The molecule has 0 aliphatic rings. The number of rotatable bonds is 3. The van der Waals surface area contributed by atoms with E-state index in [1.54, 1.807) is 43.0 Å². The van der Waals surface area contributed by atoms with Crippen molar-refractivity contribution in [3.8, 4) is 0 Å². The normalized spacial score (nSPS) is 11.8. The monoisotopic (exact) mass is 316 g/mol. The van der Waals surface area contributed by atoms with E-state index in [-0.39, 0.29) is 4.90 Å². The molecule has 1 aromatic carbocycles. The summed E-state index contributed by atoms with van der Waals surface area (Å²) in [7, 11) is -1.96. The number of nitrogens with zero attached hydrogens (tertiary/aromatic N) is 3. The lowest BCUT2D eigenvalue weighted by molar-refractivity contribution is 0.602. The Labute approximate surface area is 128 Å². The average Bonchev–Trinajstić information content (AvgIpc) is 2.73. The van der Waals surface area contributed by atoms with E-state index >= 15 is 0 Å². The van der Waals surface area contributed by atoms with E-state index in [4.69, 9.17) is 0 Å². The maximum atomic E-state index is 12.7. The first-order valence-electron chi connectivity index (χ1n) is 6.77. The molecule has 0 fully saturated rings. The van der Waals surface area contributed by atoms with Crippen molar-refractivity contribution in [3.63, 3.8) is 0 Å². The smallest absolute Gasteiger partial charge is 0.264 e. The number of aryl methyl sites for hydroxylation is 2. The SMILES string of the molecule is Cc1nn(C)c(C)c1NS(=O)(=O)c1cccc2cccnc12. The Bertz CT molecular complexity index is 956. The van der Waals surface area contributed by atoms with E-state index in [0.717, 1.165) is 11.1 Å². The maximum absolute atomic E-state index is 12.7. The van der Waals surface area contributed by atoms with Gasteiger partial charge in [0.1, 0.15) is 4.90 Å². The minimum Gasteiger partial charge on any atom is -0.276 e. The highest BCUT2D eigenvalue weighted by Crippen LogP contribution is 2.26. The van der Waals surface area contributed by atoms with Crippen LogP contribution in [0.3, 0.4) is 0 Å². The molecule has 0 saturated heterocycles. The van der Waals surface area contributed by atoms with Gasteiger partial charge in [0.15, 0.2) is 0 Å². The fraction of sp³-hybridized carbons (Fsp3) is 0.200. The molecule has 2 aromatic heterocycles. The maximum Gasteiger partial charge on any atom is 0.264 e. The molecule has 3 aromatic rings. The lowest BCUT2D eigenvalue weighted by Gasteiger charge is -2.10. The van der Waals surface area contributed by atoms with E-state index in [0.29, 0.717) is 16.9 Å². The van der Waals surface area contributed by atoms with Crippen LogP contribution in [0.25, 0.3) is 10.9 Å². The summed E-state index contributed by atoms with van der Waals surface area (Å²) in [6.45, 7) is 3.59. The number of nitrogens with one attached hydrogen (secondary N) is 1. The second kappa shape index (κ2) is 5.10. The zero-order chi connectivity index (χ0) is 15.9. The van der Waals surface area contributed by atoms with Crippen molar-refractivity contribution in [2.45, 2.75) is 18.7 Å². The van der Waals surface area contributed by atoms with E-state index in [1.807, 2.05) is 19.1 Å². The average molecular weight is 316 g/mol. The van der Waals surface area contributed by atoms with Crippen molar-refractivity contribution >= 4 is 26.6 Å². The van der Waals surface area contributed by atoms with Gasteiger partial charge in [-0.2, -0.15) is 5.10 Å². The number of pyridine rings is 1. The van der Waals surface area contributed by atoms with Crippen LogP contribution < -0.4 is 4.72 Å². The van der Waals surface area contributed by atoms with Crippen LogP contribution in [-0.2, 0) is 17.1 Å². The lowest BCUT2D eigenvalue weighted by Crippen LogP contribution is -2.15. The van der Waals surface area contributed by atoms with Crippen molar-refractivity contribution < 1.29 is 8.42 Å². The van der Waals surface area contributed by atoms with Gasteiger partial charge in [-0.25, -0.2) is 8.42 Å². The Morgan fingerprint density at radius 2 is 1.86 bits per heavy atom. The molecule has 0 saturated carbocycles. The van der Waals surface area contributed by atoms with Gasteiger partial charge in [-0.1, -0.05) is 18.2 Å². The standard InChI is InChI=1S/C15H16N4O2S/c1-10-14(11(2)19(3)17-10)18-22(20,21)13-8-4-6-12-7-5-9-16-15(12)13/h4-9,18H,1-3H3. The molecule has 114 valence electrons. The Morgan fingerprint density at radius 1 is 1.14 bits per heavy atom. The van der Waals surface area contributed by atoms with Crippen LogP contribution >= 0.6 is 0 Å². The highest BCUT2D eigenvalue weighted by atomic mass is 32.2. The molecule has 3 rings (SSSR count). The second-order valence-electron chi connectivity index (χ2n) is 5.11. The van der Waals surface area contributed by atoms with E-state index < -0.39 is 10.0 Å². The molecular formula is C15H16N4O2S. The number of hydrogen-bond donors (Lipinski definition) is 1. The fourth-order valence-electron chi connectivity index (χ4n) is 2.40. The Hall–Kier alpha value is -2.41. The third-order valence-electron chi connectivity index (χ3n) is 3.63. The molecule has 0 aliphatic carbocycles. The number of fused-ring (bicyclic) bond motifs is 1. The zero-order valence-corrected chi connectivity index (χ0v) is 13.3. The first-order chi connectivity index (χ1) is 10.4. The number of hydrogen-bond acceptors (Lipinski definition) is 4. The summed E-state index contributed by atoms with van der Waals surface area (Å²) in [6, 6.07) is 8.71. The predicted molar refractivity (Wildman–Crippen MR) is 85.2 cm³/mol. The third-order valence-corrected chi connectivity index (χ3v) is 5.01. The van der Waals surface area contributed by atoms with Crippen LogP contribution in [0.15, 0.2) is 41.4 Å². The molecule has 6 nitrogen and oxygen atoms in total. The van der Waals surface area contributed by atoms with Crippen molar-refractivity contribution in [3.05, 3.63) is 47.9 Å². The third kappa shape index (κ3) is 2.33. The van der Waals surface area contributed by atoms with Crippen molar-refractivity contribution in [2.75, 3.05) is 4.72 Å². The molecule has 0 unspecified atom stereocenters. The van der Waals surface area contributed by atoms with Gasteiger partial charge in [0.05, 0.1) is 22.6 Å². The van der Waals surface area contributed by atoms with Gasteiger partial charge >= 0.3 is 0 Å². The summed E-state index contributed by atoms with van der Waals surface area (Å²) < 4.78 is 29.8. The van der Waals surface area contributed by atoms with Crippen molar-refractivity contribution in [1.29, 1.82) is 0 Å². The van der Waals surface area contributed by atoms with Gasteiger partial charge in [-0.3, -0.25) is 14.4 Å². The van der Waals surface area contributed by atoms with Gasteiger partial charge in [0, 0.05) is 18.6 Å². The quantitative estimate of drug-likeness (QED) is 0.805. The molecular weight excluding hydrogens is 300 g/mol. The molecule has 0 radical (unpaired) electrons. The predicted octanol–water partition coefficient (Wildman–Crippen LogP) is 2.39. The molecule has 2 heterocycles. The number of anilines is 1.